The van der Waals surface area contributed by atoms with Crippen LogP contribution >= 0.6 is 23.6 Å². The first-order valence-corrected chi connectivity index (χ1v) is 10.7. The first-order chi connectivity index (χ1) is 13.9. The van der Waals surface area contributed by atoms with Gasteiger partial charge in [-0.05, 0) is 51.5 Å². The number of hydrogen-bond donors (Lipinski definition) is 2. The number of rotatable bonds is 8. The molecule has 0 fully saturated rings. The van der Waals surface area contributed by atoms with Gasteiger partial charge in [0.15, 0.2) is 5.11 Å². The van der Waals surface area contributed by atoms with Crippen LogP contribution in [0, 0.1) is 6.92 Å². The second kappa shape index (κ2) is 10.4. The minimum Gasteiger partial charge on any atom is -0.465 e. The molecule has 2 rings (SSSR count). The Bertz CT molecular complexity index is 887. The van der Waals surface area contributed by atoms with Crippen LogP contribution in [0.25, 0.3) is 0 Å². The number of methoxy groups -OCH3 is 1. The van der Waals surface area contributed by atoms with E-state index in [4.69, 9.17) is 17.0 Å². The molecule has 10 heteroatoms. The van der Waals surface area contributed by atoms with Gasteiger partial charge in [-0.25, -0.2) is 4.79 Å². The van der Waals surface area contributed by atoms with Crippen molar-refractivity contribution >= 4 is 45.5 Å². The van der Waals surface area contributed by atoms with Crippen molar-refractivity contribution in [1.82, 2.24) is 20.0 Å². The zero-order valence-electron chi connectivity index (χ0n) is 17.4. The van der Waals surface area contributed by atoms with Gasteiger partial charge in [0.1, 0.15) is 5.00 Å². The fourth-order valence-electron chi connectivity index (χ4n) is 2.92. The quantitative estimate of drug-likeness (QED) is 0.485. The average molecular weight is 438 g/mol. The highest BCUT2D eigenvalue weighted by molar-refractivity contribution is 7.80. The van der Waals surface area contributed by atoms with Crippen molar-refractivity contribution in [3.63, 3.8) is 0 Å². The van der Waals surface area contributed by atoms with Gasteiger partial charge < -0.3 is 20.3 Å². The van der Waals surface area contributed by atoms with Gasteiger partial charge in [-0.3, -0.25) is 9.48 Å². The van der Waals surface area contributed by atoms with Gasteiger partial charge in [0.25, 0.3) is 5.91 Å². The number of hydrogen-bond acceptors (Lipinski definition) is 6. The molecule has 0 aliphatic carbocycles. The molecule has 0 saturated heterocycles. The molecule has 0 radical (unpaired) electrons. The summed E-state index contributed by atoms with van der Waals surface area (Å²) in [6.07, 6.45) is 1.74. The summed E-state index contributed by atoms with van der Waals surface area (Å²) in [5.41, 5.74) is 1.91. The number of amides is 1. The number of ether oxygens (including phenoxy) is 1. The Morgan fingerprint density at radius 2 is 2.00 bits per heavy atom. The lowest BCUT2D eigenvalue weighted by Crippen LogP contribution is -2.30. The molecule has 0 unspecified atom stereocenters. The third-order valence-electron chi connectivity index (χ3n) is 4.54. The number of esters is 1. The molecule has 0 saturated carbocycles. The molecule has 2 heterocycles. The normalized spacial score (nSPS) is 10.5. The Hall–Kier alpha value is -2.46. The van der Waals surface area contributed by atoms with E-state index in [1.807, 2.05) is 31.5 Å². The number of aromatic nitrogens is 2. The number of aryl methyl sites for hydroxylation is 1. The number of carbonyl (C=O) groups excluding carboxylic acids is 2. The zero-order valence-corrected chi connectivity index (χ0v) is 19.0. The summed E-state index contributed by atoms with van der Waals surface area (Å²) >= 11 is 6.60. The molecule has 8 nitrogen and oxygen atoms in total. The molecule has 2 aromatic heterocycles. The summed E-state index contributed by atoms with van der Waals surface area (Å²) in [4.78, 5) is 27.4. The van der Waals surface area contributed by atoms with E-state index in [9.17, 15) is 9.59 Å². The highest BCUT2D eigenvalue weighted by Gasteiger charge is 2.27. The molecule has 0 aromatic carbocycles. The Labute approximate surface area is 180 Å². The van der Waals surface area contributed by atoms with Crippen molar-refractivity contribution < 1.29 is 14.3 Å². The minimum atomic E-state index is -0.508. The molecule has 29 heavy (non-hydrogen) atoms. The van der Waals surface area contributed by atoms with E-state index in [1.165, 1.54) is 18.4 Å². The van der Waals surface area contributed by atoms with Crippen LogP contribution in [0.2, 0.25) is 0 Å². The number of anilines is 1. The average Bonchev–Trinajstić information content (AvgIpc) is 3.30. The van der Waals surface area contributed by atoms with E-state index in [0.717, 1.165) is 12.2 Å². The minimum absolute atomic E-state index is 0.110. The molecule has 0 spiro atoms. The number of thiocarbonyl (C=S) groups is 1. The highest BCUT2D eigenvalue weighted by atomic mass is 32.1. The van der Waals surface area contributed by atoms with Crippen LogP contribution in [0.15, 0.2) is 12.3 Å². The topological polar surface area (TPSA) is 88.5 Å². The van der Waals surface area contributed by atoms with Crippen LogP contribution in [0.4, 0.5) is 5.00 Å². The molecule has 2 aromatic rings. The first kappa shape index (κ1) is 22.8. The monoisotopic (exact) mass is 437 g/mol. The van der Waals surface area contributed by atoms with Crippen LogP contribution in [0.1, 0.15) is 52.1 Å². The van der Waals surface area contributed by atoms with Crippen molar-refractivity contribution in [2.24, 2.45) is 0 Å². The Morgan fingerprint density at radius 1 is 1.31 bits per heavy atom. The summed E-state index contributed by atoms with van der Waals surface area (Å²) < 4.78 is 6.79. The second-order valence-electron chi connectivity index (χ2n) is 6.18. The molecule has 0 bridgehead atoms. The third-order valence-corrected chi connectivity index (χ3v) is 5.98. The van der Waals surface area contributed by atoms with Gasteiger partial charge in [-0.2, -0.15) is 5.10 Å². The summed E-state index contributed by atoms with van der Waals surface area (Å²) in [7, 11) is 1.32. The Kier molecular flexibility index (Phi) is 8.15. The molecular weight excluding hydrogens is 410 g/mol. The molecule has 0 aliphatic rings. The van der Waals surface area contributed by atoms with Gasteiger partial charge in [0, 0.05) is 25.8 Å². The van der Waals surface area contributed by atoms with Crippen LogP contribution in [0.5, 0.6) is 0 Å². The highest BCUT2D eigenvalue weighted by Crippen LogP contribution is 2.34. The van der Waals surface area contributed by atoms with Crippen LogP contribution in [0.3, 0.4) is 0 Å². The summed E-state index contributed by atoms with van der Waals surface area (Å²) in [5, 5.41) is 11.2. The smallest absolute Gasteiger partial charge is 0.341 e. The zero-order chi connectivity index (χ0) is 21.6. The third kappa shape index (κ3) is 5.13. The van der Waals surface area contributed by atoms with E-state index >= 15 is 0 Å². The molecule has 0 aliphatic heterocycles. The molecule has 1 amide bonds. The second-order valence-corrected chi connectivity index (χ2v) is 7.60. The van der Waals surface area contributed by atoms with E-state index in [1.54, 1.807) is 18.0 Å². The number of carbonyl (C=O) groups is 2. The number of nitrogens with zero attached hydrogens (tertiary/aromatic N) is 3. The molecule has 0 atom stereocenters. The SMILES string of the molecule is CCN(CC)C(=O)c1sc(NC(=S)NCc2ccnn2CC)c(C(=O)OC)c1C. The molecule has 158 valence electrons. The van der Waals surface area contributed by atoms with Crippen molar-refractivity contribution in [2.45, 2.75) is 40.8 Å². The maximum absolute atomic E-state index is 12.8. The largest absolute Gasteiger partial charge is 0.465 e. The van der Waals surface area contributed by atoms with E-state index in [2.05, 4.69) is 15.7 Å². The van der Waals surface area contributed by atoms with Gasteiger partial charge in [0.2, 0.25) is 0 Å². The lowest BCUT2D eigenvalue weighted by Gasteiger charge is -2.17. The Morgan fingerprint density at radius 3 is 2.59 bits per heavy atom. The molecule has 2 N–H and O–H groups in total. The molecular formula is C19H27N5O3S2. The van der Waals surface area contributed by atoms with E-state index in [-0.39, 0.29) is 5.91 Å². The fraction of sp³-hybridized carbons (Fsp3) is 0.474. The van der Waals surface area contributed by atoms with Crippen LogP contribution in [-0.4, -0.2) is 51.9 Å². The van der Waals surface area contributed by atoms with Crippen molar-refractivity contribution in [3.05, 3.63) is 34.0 Å². The predicted molar refractivity (Wildman–Crippen MR) is 119 cm³/mol. The number of thiophene rings is 1. The Balaban J connectivity index is 2.24. The predicted octanol–water partition coefficient (Wildman–Crippen LogP) is 3.03. The fourth-order valence-corrected chi connectivity index (χ4v) is 4.33. The van der Waals surface area contributed by atoms with Gasteiger partial charge >= 0.3 is 5.97 Å². The lowest BCUT2D eigenvalue weighted by atomic mass is 10.1. The van der Waals surface area contributed by atoms with Crippen LogP contribution < -0.4 is 10.6 Å². The van der Waals surface area contributed by atoms with Gasteiger partial charge in [-0.1, -0.05) is 0 Å². The van der Waals surface area contributed by atoms with E-state index < -0.39 is 5.97 Å². The first-order valence-electron chi connectivity index (χ1n) is 9.44. The van der Waals surface area contributed by atoms with Gasteiger partial charge in [-0.15, -0.1) is 11.3 Å². The maximum atomic E-state index is 12.8. The summed E-state index contributed by atoms with van der Waals surface area (Å²) in [5.74, 6) is -0.617. The number of nitrogens with one attached hydrogen (secondary N) is 2. The maximum Gasteiger partial charge on any atom is 0.341 e. The summed E-state index contributed by atoms with van der Waals surface area (Å²) in [6, 6.07) is 1.91. The van der Waals surface area contributed by atoms with Crippen molar-refractivity contribution in [2.75, 3.05) is 25.5 Å². The standard InChI is InChI=1S/C19H27N5O3S2/c1-6-23(7-2)17(25)15-12(4)14(18(26)27-5)16(29-15)22-19(28)20-11-13-9-10-21-24(13)8-3/h9-10H,6-8,11H2,1-5H3,(H2,20,22,28). The van der Waals surface area contributed by atoms with Crippen LogP contribution in [-0.2, 0) is 17.8 Å². The van der Waals surface area contributed by atoms with Crippen molar-refractivity contribution in [3.8, 4) is 0 Å². The van der Waals surface area contributed by atoms with Gasteiger partial charge in [0.05, 0.1) is 29.8 Å². The lowest BCUT2D eigenvalue weighted by molar-refractivity contribution is 0.0601. The van der Waals surface area contributed by atoms with Crippen molar-refractivity contribution in [1.29, 1.82) is 0 Å². The summed E-state index contributed by atoms with van der Waals surface area (Å²) in [6.45, 7) is 10.0. The van der Waals surface area contributed by atoms with E-state index in [0.29, 0.717) is 45.8 Å².